The highest BCUT2D eigenvalue weighted by Gasteiger charge is 2.18. The van der Waals surface area contributed by atoms with Gasteiger partial charge in [-0.25, -0.2) is 4.98 Å². The zero-order valence-electron chi connectivity index (χ0n) is 28.6. The van der Waals surface area contributed by atoms with Gasteiger partial charge in [-0.3, -0.25) is 4.57 Å². The van der Waals surface area contributed by atoms with Gasteiger partial charge in [0.05, 0.1) is 17.9 Å². The highest BCUT2D eigenvalue weighted by atomic mass is 15.1. The summed E-state index contributed by atoms with van der Waals surface area (Å²) in [4.78, 5) is 4.87. The standard InChI is InChI=1S/C41H30N2/c1-2-39-42-37-19-11-12-20-38(37)43(39)32-24-21-30(22-25-32)40-33-17-9-10-18-34(33)41(29-15-7-4-8-16-29)36-27-31(23-26-35(36)40)28-13-5-3-6-14-28/h3-27H,2H2,1H3/i4D,7D,8D,15D,16D. The van der Waals surface area contributed by atoms with Crippen LogP contribution in [0.15, 0.2) is 152 Å². The molecule has 0 saturated heterocycles. The van der Waals surface area contributed by atoms with Crippen molar-refractivity contribution in [1.29, 1.82) is 0 Å². The molecule has 0 aliphatic carbocycles. The molecule has 1 aromatic heterocycles. The SMILES string of the molecule is [2H]c1c([2H])c([2H])c(-c2c3ccccc3c(-c3ccc(-n4c(CC)nc5ccccc54)cc3)c3ccc(-c4ccccc4)cc23)c([2H])c1[2H]. The fourth-order valence-electron chi connectivity index (χ4n) is 6.32. The molecule has 0 fully saturated rings. The fourth-order valence-corrected chi connectivity index (χ4v) is 6.32. The van der Waals surface area contributed by atoms with Gasteiger partial charge in [0.2, 0.25) is 0 Å². The van der Waals surface area contributed by atoms with E-state index in [1.807, 2.05) is 54.6 Å². The van der Waals surface area contributed by atoms with E-state index in [-0.39, 0.29) is 29.7 Å². The Kier molecular flexibility index (Phi) is 4.95. The highest BCUT2D eigenvalue weighted by molar-refractivity contribution is 6.22. The Morgan fingerprint density at radius 2 is 1.19 bits per heavy atom. The number of nitrogens with zero attached hydrogens (tertiary/aromatic N) is 2. The van der Waals surface area contributed by atoms with E-state index in [1.165, 1.54) is 0 Å². The third-order valence-corrected chi connectivity index (χ3v) is 8.24. The third-order valence-electron chi connectivity index (χ3n) is 8.24. The number of aryl methyl sites for hydroxylation is 1. The molecular formula is C41H30N2. The second kappa shape index (κ2) is 10.4. The number of fused-ring (bicyclic) bond motifs is 3. The molecule has 7 aromatic carbocycles. The molecule has 0 atom stereocenters. The molecule has 0 unspecified atom stereocenters. The van der Waals surface area contributed by atoms with Crippen molar-refractivity contribution in [1.82, 2.24) is 9.55 Å². The average molecular weight is 556 g/mol. The first kappa shape index (κ1) is 20.4. The van der Waals surface area contributed by atoms with Crippen LogP contribution in [0.25, 0.3) is 71.6 Å². The van der Waals surface area contributed by atoms with Gasteiger partial charge in [-0.05, 0) is 85.3 Å². The number of para-hydroxylation sites is 2. The molecule has 0 saturated carbocycles. The zero-order valence-corrected chi connectivity index (χ0v) is 23.6. The van der Waals surface area contributed by atoms with Gasteiger partial charge >= 0.3 is 0 Å². The quantitative estimate of drug-likeness (QED) is 0.193. The molecule has 43 heavy (non-hydrogen) atoms. The minimum absolute atomic E-state index is 0.202. The first-order valence-corrected chi connectivity index (χ1v) is 14.6. The molecule has 0 N–H and O–H groups in total. The molecule has 204 valence electrons. The van der Waals surface area contributed by atoms with E-state index in [2.05, 4.69) is 78.2 Å². The zero-order chi connectivity index (χ0) is 33.1. The second-order valence-corrected chi connectivity index (χ2v) is 10.7. The van der Waals surface area contributed by atoms with Crippen molar-refractivity contribution in [3.63, 3.8) is 0 Å². The van der Waals surface area contributed by atoms with Crippen LogP contribution < -0.4 is 0 Å². The lowest BCUT2D eigenvalue weighted by atomic mass is 9.85. The Labute approximate surface area is 258 Å². The van der Waals surface area contributed by atoms with Crippen LogP contribution in [0.4, 0.5) is 0 Å². The number of aromatic nitrogens is 2. The molecule has 0 aliphatic rings. The predicted octanol–water partition coefficient (Wildman–Crippen LogP) is 10.9. The number of imidazole rings is 1. The lowest BCUT2D eigenvalue weighted by molar-refractivity contribution is 0.908. The summed E-state index contributed by atoms with van der Waals surface area (Å²) >= 11 is 0. The molecule has 0 spiro atoms. The largest absolute Gasteiger partial charge is 0.296 e. The minimum atomic E-state index is -0.402. The highest BCUT2D eigenvalue weighted by Crippen LogP contribution is 2.45. The molecule has 8 aromatic rings. The van der Waals surface area contributed by atoms with E-state index in [4.69, 9.17) is 11.8 Å². The molecule has 0 aliphatic heterocycles. The average Bonchev–Trinajstić information content (AvgIpc) is 3.52. The first-order valence-electron chi connectivity index (χ1n) is 17.1. The number of rotatable bonds is 5. The maximum absolute atomic E-state index is 8.96. The van der Waals surface area contributed by atoms with Gasteiger partial charge in [0, 0.05) is 12.1 Å². The molecule has 8 rings (SSSR count). The minimum Gasteiger partial charge on any atom is -0.296 e. The van der Waals surface area contributed by atoms with Gasteiger partial charge in [-0.2, -0.15) is 0 Å². The van der Waals surface area contributed by atoms with Gasteiger partial charge in [-0.15, -0.1) is 0 Å². The summed E-state index contributed by atoms with van der Waals surface area (Å²) in [5, 5.41) is 3.52. The van der Waals surface area contributed by atoms with E-state index in [1.54, 1.807) is 0 Å². The van der Waals surface area contributed by atoms with E-state index in [0.29, 0.717) is 5.56 Å². The van der Waals surface area contributed by atoms with Crippen molar-refractivity contribution in [2.24, 2.45) is 0 Å². The van der Waals surface area contributed by atoms with Crippen LogP contribution in [0.5, 0.6) is 0 Å². The Bertz CT molecular complexity index is 2510. The lowest BCUT2D eigenvalue weighted by Gasteiger charge is -2.19. The second-order valence-electron chi connectivity index (χ2n) is 10.7. The van der Waals surface area contributed by atoms with Gasteiger partial charge in [0.15, 0.2) is 0 Å². The topological polar surface area (TPSA) is 17.8 Å². The van der Waals surface area contributed by atoms with E-state index in [0.717, 1.165) is 72.8 Å². The summed E-state index contributed by atoms with van der Waals surface area (Å²) in [6.07, 6.45) is 0.800. The Hall–Kier alpha value is -5.47. The normalized spacial score (nSPS) is 13.1. The summed E-state index contributed by atoms with van der Waals surface area (Å²) in [7, 11) is 0. The van der Waals surface area contributed by atoms with E-state index < -0.39 is 6.04 Å². The van der Waals surface area contributed by atoms with Crippen molar-refractivity contribution in [3.05, 3.63) is 157 Å². The van der Waals surface area contributed by atoms with Crippen molar-refractivity contribution < 1.29 is 6.85 Å². The summed E-state index contributed by atoms with van der Waals surface area (Å²) in [5.74, 6) is 0.997. The molecule has 0 amide bonds. The predicted molar refractivity (Wildman–Crippen MR) is 182 cm³/mol. The van der Waals surface area contributed by atoms with Crippen LogP contribution in [0.1, 0.15) is 19.6 Å². The van der Waals surface area contributed by atoms with Crippen LogP contribution in [-0.2, 0) is 6.42 Å². The fraction of sp³-hybridized carbons (Fsp3) is 0.0488. The smallest absolute Gasteiger partial charge is 0.114 e. The van der Waals surface area contributed by atoms with Gasteiger partial charge < -0.3 is 0 Å². The third kappa shape index (κ3) is 4.23. The first-order chi connectivity index (χ1) is 23.4. The Morgan fingerprint density at radius 3 is 1.93 bits per heavy atom. The number of hydrogen-bond donors (Lipinski definition) is 0. The van der Waals surface area contributed by atoms with Crippen LogP contribution in [-0.4, -0.2) is 9.55 Å². The van der Waals surface area contributed by atoms with Gasteiger partial charge in [0.25, 0.3) is 0 Å². The molecule has 2 nitrogen and oxygen atoms in total. The Morgan fingerprint density at radius 1 is 0.558 bits per heavy atom. The molecular weight excluding hydrogens is 520 g/mol. The molecule has 0 bridgehead atoms. The van der Waals surface area contributed by atoms with Gasteiger partial charge in [0.1, 0.15) is 5.82 Å². The maximum Gasteiger partial charge on any atom is 0.114 e. The van der Waals surface area contributed by atoms with Crippen molar-refractivity contribution in [2.75, 3.05) is 0 Å². The summed E-state index contributed by atoms with van der Waals surface area (Å²) in [5.41, 5.74) is 7.94. The maximum atomic E-state index is 8.96. The molecule has 1 heterocycles. The van der Waals surface area contributed by atoms with E-state index in [9.17, 15) is 0 Å². The number of hydrogen-bond acceptors (Lipinski definition) is 1. The van der Waals surface area contributed by atoms with Crippen LogP contribution >= 0.6 is 0 Å². The van der Waals surface area contributed by atoms with Crippen molar-refractivity contribution in [3.8, 4) is 39.1 Å². The van der Waals surface area contributed by atoms with Crippen molar-refractivity contribution >= 4 is 32.6 Å². The van der Waals surface area contributed by atoms with Gasteiger partial charge in [-0.1, -0.05) is 128 Å². The summed E-state index contributed by atoms with van der Waals surface area (Å²) in [6, 6.07) is 39.5. The van der Waals surface area contributed by atoms with Crippen LogP contribution in [0.3, 0.4) is 0 Å². The van der Waals surface area contributed by atoms with Crippen LogP contribution in [0.2, 0.25) is 0 Å². The number of benzene rings is 7. The Balaban J connectivity index is 1.44. The summed E-state index contributed by atoms with van der Waals surface area (Å²) in [6.45, 7) is 2.12. The van der Waals surface area contributed by atoms with Crippen molar-refractivity contribution in [2.45, 2.75) is 13.3 Å². The van der Waals surface area contributed by atoms with Crippen LogP contribution in [0, 0.1) is 0 Å². The van der Waals surface area contributed by atoms with E-state index >= 15 is 0 Å². The lowest BCUT2D eigenvalue weighted by Crippen LogP contribution is -2.00. The molecule has 0 radical (unpaired) electrons. The molecule has 2 heteroatoms. The monoisotopic (exact) mass is 555 g/mol. The summed E-state index contributed by atoms with van der Waals surface area (Å²) < 4.78 is 45.4.